The van der Waals surface area contributed by atoms with E-state index in [0.717, 1.165) is 27.1 Å². The summed E-state index contributed by atoms with van der Waals surface area (Å²) in [6, 6.07) is 6.96. The number of halogens is 1. The molecule has 3 rings (SSSR count). The highest BCUT2D eigenvalue weighted by molar-refractivity contribution is 7.19. The van der Waals surface area contributed by atoms with Crippen LogP contribution in [0, 0.1) is 5.82 Å². The summed E-state index contributed by atoms with van der Waals surface area (Å²) in [5.74, 6) is -0.204. The molecule has 3 aromatic rings. The predicted molar refractivity (Wildman–Crippen MR) is 79.3 cm³/mol. The van der Waals surface area contributed by atoms with Gasteiger partial charge < -0.3 is 5.32 Å². The van der Waals surface area contributed by atoms with Crippen LogP contribution in [-0.4, -0.2) is 16.5 Å². The third-order valence-electron chi connectivity index (χ3n) is 3.10. The molecular formula is C15H14FN3S. The van der Waals surface area contributed by atoms with Crippen LogP contribution in [0.3, 0.4) is 0 Å². The molecule has 1 aromatic carbocycles. The van der Waals surface area contributed by atoms with Crippen LogP contribution in [0.25, 0.3) is 10.1 Å². The number of fused-ring (bicyclic) bond motifs is 1. The Hall–Kier alpha value is -1.85. The Morgan fingerprint density at radius 1 is 1.25 bits per heavy atom. The van der Waals surface area contributed by atoms with E-state index in [1.54, 1.807) is 17.4 Å². The Labute approximate surface area is 120 Å². The van der Waals surface area contributed by atoms with E-state index in [1.807, 2.05) is 24.5 Å². The summed E-state index contributed by atoms with van der Waals surface area (Å²) in [5.41, 5.74) is 1.02. The van der Waals surface area contributed by atoms with Crippen molar-refractivity contribution in [2.75, 3.05) is 6.54 Å². The van der Waals surface area contributed by atoms with E-state index in [4.69, 9.17) is 0 Å². The van der Waals surface area contributed by atoms with Gasteiger partial charge in [0.25, 0.3) is 0 Å². The topological polar surface area (TPSA) is 37.8 Å². The number of aromatic nitrogens is 2. The molecule has 0 amide bonds. The molecule has 102 valence electrons. The van der Waals surface area contributed by atoms with Crippen LogP contribution in [0.1, 0.15) is 23.4 Å². The van der Waals surface area contributed by atoms with Gasteiger partial charge in [-0.2, -0.15) is 0 Å². The summed E-state index contributed by atoms with van der Waals surface area (Å²) < 4.78 is 14.4. The molecule has 3 nitrogen and oxygen atoms in total. The molecule has 0 aliphatic heterocycles. The van der Waals surface area contributed by atoms with E-state index in [2.05, 4.69) is 22.2 Å². The molecule has 1 atom stereocenters. The second kappa shape index (κ2) is 5.64. The van der Waals surface area contributed by atoms with Gasteiger partial charge in [-0.05, 0) is 36.2 Å². The number of thiophene rings is 1. The summed E-state index contributed by atoms with van der Waals surface area (Å²) in [6.07, 6.45) is 5.14. The zero-order valence-corrected chi connectivity index (χ0v) is 11.8. The minimum Gasteiger partial charge on any atom is -0.306 e. The van der Waals surface area contributed by atoms with Crippen LogP contribution in [0.4, 0.5) is 4.39 Å². The highest BCUT2D eigenvalue weighted by atomic mass is 32.1. The zero-order chi connectivity index (χ0) is 13.9. The van der Waals surface area contributed by atoms with Crippen LogP contribution in [-0.2, 0) is 0 Å². The Bertz CT molecular complexity index is 711. The number of hydrogen-bond donors (Lipinski definition) is 1. The van der Waals surface area contributed by atoms with Crippen LogP contribution >= 0.6 is 11.3 Å². The lowest BCUT2D eigenvalue weighted by Gasteiger charge is -2.15. The van der Waals surface area contributed by atoms with E-state index in [9.17, 15) is 4.39 Å². The van der Waals surface area contributed by atoms with Crippen molar-refractivity contribution >= 4 is 21.4 Å². The fourth-order valence-electron chi connectivity index (χ4n) is 2.22. The second-order valence-electron chi connectivity index (χ2n) is 4.49. The first kappa shape index (κ1) is 13.1. The second-order valence-corrected chi connectivity index (χ2v) is 5.61. The fourth-order valence-corrected chi connectivity index (χ4v) is 3.37. The van der Waals surface area contributed by atoms with E-state index < -0.39 is 0 Å². The largest absolute Gasteiger partial charge is 0.306 e. The first-order chi connectivity index (χ1) is 9.78. The molecule has 0 spiro atoms. The zero-order valence-electron chi connectivity index (χ0n) is 11.0. The lowest BCUT2D eigenvalue weighted by molar-refractivity contribution is 0.629. The molecular weight excluding hydrogens is 273 g/mol. The molecule has 2 heterocycles. The first-order valence-electron chi connectivity index (χ1n) is 6.45. The minimum atomic E-state index is -0.204. The lowest BCUT2D eigenvalue weighted by atomic mass is 10.1. The lowest BCUT2D eigenvalue weighted by Crippen LogP contribution is -2.21. The standard InChI is InChI=1S/C15H14FN3S/c1-2-19-15(11-7-17-9-18-8-11)14-6-10-5-12(16)3-4-13(10)20-14/h3-9,15,19H,2H2,1H3. The number of benzene rings is 1. The van der Waals surface area contributed by atoms with Crippen molar-refractivity contribution in [2.45, 2.75) is 13.0 Å². The monoisotopic (exact) mass is 287 g/mol. The quantitative estimate of drug-likeness (QED) is 0.797. The third kappa shape index (κ3) is 2.55. The summed E-state index contributed by atoms with van der Waals surface area (Å²) in [6.45, 7) is 2.89. The molecule has 0 radical (unpaired) electrons. The van der Waals surface area contributed by atoms with Crippen LogP contribution in [0.15, 0.2) is 43.0 Å². The Morgan fingerprint density at radius 3 is 2.80 bits per heavy atom. The predicted octanol–water partition coefficient (Wildman–Crippen LogP) is 3.53. The summed E-state index contributed by atoms with van der Waals surface area (Å²) >= 11 is 1.66. The van der Waals surface area contributed by atoms with Gasteiger partial charge >= 0.3 is 0 Å². The van der Waals surface area contributed by atoms with Gasteiger partial charge in [0, 0.05) is 27.5 Å². The van der Waals surface area contributed by atoms with Gasteiger partial charge in [0.05, 0.1) is 6.04 Å². The Morgan fingerprint density at radius 2 is 2.05 bits per heavy atom. The maximum atomic E-state index is 13.3. The molecule has 5 heteroatoms. The highest BCUT2D eigenvalue weighted by Gasteiger charge is 2.16. The van der Waals surface area contributed by atoms with E-state index >= 15 is 0 Å². The molecule has 1 N–H and O–H groups in total. The van der Waals surface area contributed by atoms with Crippen LogP contribution in [0.5, 0.6) is 0 Å². The Balaban J connectivity index is 2.05. The highest BCUT2D eigenvalue weighted by Crippen LogP contribution is 2.33. The SMILES string of the molecule is CCNC(c1cncnc1)c1cc2cc(F)ccc2s1. The fraction of sp³-hybridized carbons (Fsp3) is 0.200. The van der Waals surface area contributed by atoms with E-state index in [0.29, 0.717) is 0 Å². The van der Waals surface area contributed by atoms with Gasteiger partial charge in [-0.3, -0.25) is 0 Å². The average Bonchev–Trinajstić information content (AvgIpc) is 2.88. The van der Waals surface area contributed by atoms with Crippen LogP contribution in [0.2, 0.25) is 0 Å². The molecule has 0 bridgehead atoms. The molecule has 20 heavy (non-hydrogen) atoms. The molecule has 1 unspecified atom stereocenters. The first-order valence-corrected chi connectivity index (χ1v) is 7.27. The maximum Gasteiger partial charge on any atom is 0.123 e. The van der Waals surface area contributed by atoms with Crippen molar-refractivity contribution in [2.24, 2.45) is 0 Å². The van der Waals surface area contributed by atoms with Crippen molar-refractivity contribution in [1.82, 2.24) is 15.3 Å². The van der Waals surface area contributed by atoms with Gasteiger partial charge in [0.2, 0.25) is 0 Å². The molecule has 0 fully saturated rings. The van der Waals surface area contributed by atoms with Crippen molar-refractivity contribution in [3.8, 4) is 0 Å². The summed E-state index contributed by atoms with van der Waals surface area (Å²) in [5, 5.41) is 4.36. The average molecular weight is 287 g/mol. The Kier molecular flexibility index (Phi) is 3.71. The van der Waals surface area contributed by atoms with Crippen LogP contribution < -0.4 is 5.32 Å². The van der Waals surface area contributed by atoms with Gasteiger partial charge in [0.15, 0.2) is 0 Å². The summed E-state index contributed by atoms with van der Waals surface area (Å²) in [7, 11) is 0. The smallest absolute Gasteiger partial charge is 0.123 e. The van der Waals surface area contributed by atoms with Gasteiger partial charge in [-0.25, -0.2) is 14.4 Å². The van der Waals surface area contributed by atoms with Crippen molar-refractivity contribution in [1.29, 1.82) is 0 Å². The molecule has 0 saturated heterocycles. The number of nitrogens with one attached hydrogen (secondary N) is 1. The molecule has 0 aliphatic carbocycles. The van der Waals surface area contributed by atoms with Gasteiger partial charge in [-0.15, -0.1) is 11.3 Å². The van der Waals surface area contributed by atoms with E-state index in [1.165, 1.54) is 12.4 Å². The number of rotatable bonds is 4. The van der Waals surface area contributed by atoms with Crippen molar-refractivity contribution in [3.05, 3.63) is 59.2 Å². The number of hydrogen-bond acceptors (Lipinski definition) is 4. The molecule has 0 aliphatic rings. The van der Waals surface area contributed by atoms with Gasteiger partial charge in [0.1, 0.15) is 12.1 Å². The third-order valence-corrected chi connectivity index (χ3v) is 4.29. The molecule has 2 aromatic heterocycles. The number of nitrogens with zero attached hydrogens (tertiary/aromatic N) is 2. The summed E-state index contributed by atoms with van der Waals surface area (Å²) in [4.78, 5) is 9.29. The van der Waals surface area contributed by atoms with Crippen molar-refractivity contribution < 1.29 is 4.39 Å². The van der Waals surface area contributed by atoms with Gasteiger partial charge in [-0.1, -0.05) is 6.92 Å². The normalized spacial score (nSPS) is 12.7. The van der Waals surface area contributed by atoms with E-state index in [-0.39, 0.29) is 11.9 Å². The van der Waals surface area contributed by atoms with Crippen molar-refractivity contribution in [3.63, 3.8) is 0 Å². The minimum absolute atomic E-state index is 0.0432. The maximum absolute atomic E-state index is 13.3. The molecule has 0 saturated carbocycles.